The van der Waals surface area contributed by atoms with E-state index in [0.717, 1.165) is 13.1 Å². The largest absolute Gasteiger partial charge is 0.320 e. The number of nitrogens with one attached hydrogen (secondary N) is 1. The van der Waals surface area contributed by atoms with Gasteiger partial charge in [0.25, 0.3) is 0 Å². The third-order valence-electron chi connectivity index (χ3n) is 3.04. The van der Waals surface area contributed by atoms with E-state index in [4.69, 9.17) is 0 Å². The first-order chi connectivity index (χ1) is 7.16. The summed E-state index contributed by atoms with van der Waals surface area (Å²) < 4.78 is 2.14. The number of hydrogen-bond acceptors (Lipinski definition) is 2. The van der Waals surface area contributed by atoms with E-state index >= 15 is 0 Å². The van der Waals surface area contributed by atoms with E-state index in [1.54, 1.807) is 0 Å². The number of rotatable bonds is 6. The van der Waals surface area contributed by atoms with Gasteiger partial charge in [0.05, 0.1) is 5.69 Å². The van der Waals surface area contributed by atoms with Crippen LogP contribution in [0.2, 0.25) is 0 Å². The van der Waals surface area contributed by atoms with Crippen LogP contribution in [0.15, 0.2) is 0 Å². The molecule has 86 valence electrons. The van der Waals surface area contributed by atoms with Crippen molar-refractivity contribution in [2.24, 2.45) is 0 Å². The number of nitrogens with zero attached hydrogens (tertiary/aromatic N) is 2. The summed E-state index contributed by atoms with van der Waals surface area (Å²) in [5.74, 6) is 0. The Labute approximate surface area is 92.9 Å². The molecule has 0 unspecified atom stereocenters. The molecule has 0 saturated carbocycles. The summed E-state index contributed by atoms with van der Waals surface area (Å²) in [7, 11) is 2.00. The zero-order valence-electron chi connectivity index (χ0n) is 10.4. The first-order valence-corrected chi connectivity index (χ1v) is 5.82. The highest BCUT2D eigenvalue weighted by atomic mass is 15.3. The zero-order valence-corrected chi connectivity index (χ0v) is 10.4. The van der Waals surface area contributed by atoms with E-state index in [2.05, 4.69) is 35.9 Å². The molecular formula is C12H23N3. The van der Waals surface area contributed by atoms with Crippen LogP contribution in [0.1, 0.15) is 36.2 Å². The smallest absolute Gasteiger partial charge is 0.0625 e. The predicted molar refractivity (Wildman–Crippen MR) is 64.2 cm³/mol. The molecule has 0 fully saturated rings. The first-order valence-electron chi connectivity index (χ1n) is 5.82. The maximum absolute atomic E-state index is 4.53. The lowest BCUT2D eigenvalue weighted by molar-refractivity contribution is 0.526. The highest BCUT2D eigenvalue weighted by molar-refractivity contribution is 5.21. The van der Waals surface area contributed by atoms with Crippen molar-refractivity contribution < 1.29 is 0 Å². The molecule has 15 heavy (non-hydrogen) atoms. The van der Waals surface area contributed by atoms with Crippen molar-refractivity contribution in [2.45, 2.75) is 46.6 Å². The summed E-state index contributed by atoms with van der Waals surface area (Å²) in [4.78, 5) is 0. The van der Waals surface area contributed by atoms with Crippen molar-refractivity contribution in [3.8, 4) is 0 Å². The summed E-state index contributed by atoms with van der Waals surface area (Å²) in [5.41, 5.74) is 3.83. The Balaban J connectivity index is 2.34. The second-order valence-corrected chi connectivity index (χ2v) is 4.18. The Kier molecular flexibility index (Phi) is 4.82. The molecule has 0 spiro atoms. The van der Waals surface area contributed by atoms with Gasteiger partial charge in [-0.25, -0.2) is 0 Å². The number of unbranched alkanes of at least 4 members (excludes halogenated alkanes) is 2. The van der Waals surface area contributed by atoms with Gasteiger partial charge in [0, 0.05) is 12.2 Å². The molecule has 1 N–H and O–H groups in total. The molecule has 0 radical (unpaired) electrons. The lowest BCUT2D eigenvalue weighted by atomic mass is 10.2. The minimum Gasteiger partial charge on any atom is -0.320 e. The van der Waals surface area contributed by atoms with Gasteiger partial charge in [-0.05, 0) is 52.8 Å². The Bertz CT molecular complexity index is 302. The molecule has 0 aromatic carbocycles. The fraction of sp³-hybridized carbons (Fsp3) is 0.750. The quantitative estimate of drug-likeness (QED) is 0.728. The molecule has 0 aliphatic heterocycles. The van der Waals surface area contributed by atoms with Gasteiger partial charge in [-0.3, -0.25) is 4.68 Å². The summed E-state index contributed by atoms with van der Waals surface area (Å²) in [6.07, 6.45) is 3.76. The third-order valence-corrected chi connectivity index (χ3v) is 3.04. The molecule has 0 aliphatic carbocycles. The van der Waals surface area contributed by atoms with Gasteiger partial charge in [-0.15, -0.1) is 0 Å². The third kappa shape index (κ3) is 3.34. The summed E-state index contributed by atoms with van der Waals surface area (Å²) >= 11 is 0. The highest BCUT2D eigenvalue weighted by Crippen LogP contribution is 2.11. The van der Waals surface area contributed by atoms with Crippen LogP contribution in [0, 0.1) is 20.8 Å². The van der Waals surface area contributed by atoms with Crippen LogP contribution in [0.4, 0.5) is 0 Å². The topological polar surface area (TPSA) is 29.9 Å². The van der Waals surface area contributed by atoms with Crippen molar-refractivity contribution in [1.82, 2.24) is 15.1 Å². The molecule has 0 saturated heterocycles. The van der Waals surface area contributed by atoms with Crippen LogP contribution in [0.25, 0.3) is 0 Å². The molecule has 1 rings (SSSR count). The Morgan fingerprint density at radius 1 is 1.13 bits per heavy atom. The molecule has 0 amide bonds. The monoisotopic (exact) mass is 209 g/mol. The second-order valence-electron chi connectivity index (χ2n) is 4.18. The molecule has 3 heteroatoms. The van der Waals surface area contributed by atoms with Crippen LogP contribution in [-0.2, 0) is 6.54 Å². The maximum atomic E-state index is 4.53. The molecule has 1 aromatic heterocycles. The molecule has 3 nitrogen and oxygen atoms in total. The Hall–Kier alpha value is -0.830. The van der Waals surface area contributed by atoms with Crippen LogP contribution in [-0.4, -0.2) is 23.4 Å². The van der Waals surface area contributed by atoms with E-state index in [1.807, 2.05) is 7.05 Å². The molecular weight excluding hydrogens is 186 g/mol. The second kappa shape index (κ2) is 5.91. The molecule has 0 aliphatic rings. The average molecular weight is 209 g/mol. The molecule has 1 heterocycles. The van der Waals surface area contributed by atoms with Gasteiger partial charge in [-0.1, -0.05) is 6.42 Å². The van der Waals surface area contributed by atoms with Gasteiger partial charge in [0.2, 0.25) is 0 Å². The Morgan fingerprint density at radius 2 is 1.87 bits per heavy atom. The highest BCUT2D eigenvalue weighted by Gasteiger charge is 2.05. The van der Waals surface area contributed by atoms with E-state index in [9.17, 15) is 0 Å². The lowest BCUT2D eigenvalue weighted by Crippen LogP contribution is -2.08. The predicted octanol–water partition coefficient (Wildman–Crippen LogP) is 2.20. The number of aromatic nitrogens is 2. The van der Waals surface area contributed by atoms with Gasteiger partial charge in [-0.2, -0.15) is 5.10 Å². The maximum Gasteiger partial charge on any atom is 0.0625 e. The zero-order chi connectivity index (χ0) is 11.3. The standard InChI is InChI=1S/C12H23N3/c1-10-11(2)14-15(12(10)3)9-7-5-6-8-13-4/h13H,5-9H2,1-4H3. The average Bonchev–Trinajstić information content (AvgIpc) is 2.46. The van der Waals surface area contributed by atoms with E-state index in [0.29, 0.717) is 0 Å². The minimum absolute atomic E-state index is 1.06. The molecule has 0 atom stereocenters. The first kappa shape index (κ1) is 12.2. The van der Waals surface area contributed by atoms with Crippen LogP contribution >= 0.6 is 0 Å². The van der Waals surface area contributed by atoms with Crippen molar-refractivity contribution in [2.75, 3.05) is 13.6 Å². The van der Waals surface area contributed by atoms with E-state index < -0.39 is 0 Å². The van der Waals surface area contributed by atoms with Crippen LogP contribution in [0.5, 0.6) is 0 Å². The summed E-state index contributed by atoms with van der Waals surface area (Å²) in [5, 5.41) is 7.70. The van der Waals surface area contributed by atoms with Gasteiger partial charge < -0.3 is 5.32 Å². The minimum atomic E-state index is 1.06. The van der Waals surface area contributed by atoms with Gasteiger partial charge in [0.15, 0.2) is 0 Å². The van der Waals surface area contributed by atoms with E-state index in [1.165, 1.54) is 36.2 Å². The Morgan fingerprint density at radius 3 is 2.40 bits per heavy atom. The SMILES string of the molecule is CNCCCCCn1nc(C)c(C)c1C. The van der Waals surface area contributed by atoms with Crippen molar-refractivity contribution >= 4 is 0 Å². The van der Waals surface area contributed by atoms with Crippen LogP contribution in [0.3, 0.4) is 0 Å². The summed E-state index contributed by atoms with van der Waals surface area (Å²) in [6.45, 7) is 8.57. The lowest BCUT2D eigenvalue weighted by Gasteiger charge is -2.04. The number of hydrogen-bond donors (Lipinski definition) is 1. The number of aryl methyl sites for hydroxylation is 2. The molecule has 1 aromatic rings. The summed E-state index contributed by atoms with van der Waals surface area (Å²) in [6, 6.07) is 0. The fourth-order valence-electron chi connectivity index (χ4n) is 1.74. The van der Waals surface area contributed by atoms with Gasteiger partial charge in [0.1, 0.15) is 0 Å². The van der Waals surface area contributed by atoms with Crippen molar-refractivity contribution in [1.29, 1.82) is 0 Å². The normalized spacial score (nSPS) is 10.9. The van der Waals surface area contributed by atoms with Crippen LogP contribution < -0.4 is 5.32 Å². The van der Waals surface area contributed by atoms with E-state index in [-0.39, 0.29) is 0 Å². The van der Waals surface area contributed by atoms with Crippen molar-refractivity contribution in [3.05, 3.63) is 17.0 Å². The van der Waals surface area contributed by atoms with Gasteiger partial charge >= 0.3 is 0 Å². The molecule has 0 bridgehead atoms. The van der Waals surface area contributed by atoms with Crippen molar-refractivity contribution in [3.63, 3.8) is 0 Å². The fourth-order valence-corrected chi connectivity index (χ4v) is 1.74.